The van der Waals surface area contributed by atoms with Crippen LogP contribution in [0.3, 0.4) is 0 Å². The molecule has 2 rings (SSSR count). The van der Waals surface area contributed by atoms with Crippen LogP contribution in [0.25, 0.3) is 11.3 Å². The number of carbonyl (C=O) groups excluding carboxylic acids is 1. The first-order valence-corrected chi connectivity index (χ1v) is 5.41. The van der Waals surface area contributed by atoms with Gasteiger partial charge >= 0.3 is 5.97 Å². The van der Waals surface area contributed by atoms with Crippen LogP contribution in [-0.2, 0) is 4.74 Å². The summed E-state index contributed by atoms with van der Waals surface area (Å²) in [5.41, 5.74) is 0.226. The van der Waals surface area contributed by atoms with Crippen molar-refractivity contribution in [1.29, 1.82) is 0 Å². The number of carbonyl (C=O) groups is 1. The minimum absolute atomic E-state index is 0.00174. The number of methoxy groups -OCH3 is 1. The lowest BCUT2D eigenvalue weighted by Gasteiger charge is -1.98. The van der Waals surface area contributed by atoms with Crippen LogP contribution in [-0.4, -0.2) is 18.2 Å². The summed E-state index contributed by atoms with van der Waals surface area (Å²) in [5, 5.41) is 3.50. The predicted molar refractivity (Wildman–Crippen MR) is 60.9 cm³/mol. The van der Waals surface area contributed by atoms with Gasteiger partial charge in [0, 0.05) is 10.5 Å². The molecular formula is C11H7BrFNO3. The van der Waals surface area contributed by atoms with Crippen molar-refractivity contribution in [3.63, 3.8) is 0 Å². The highest BCUT2D eigenvalue weighted by molar-refractivity contribution is 9.10. The minimum Gasteiger partial charge on any atom is -0.464 e. The topological polar surface area (TPSA) is 52.3 Å². The van der Waals surface area contributed by atoms with E-state index >= 15 is 0 Å². The third kappa shape index (κ3) is 2.36. The molecule has 0 saturated carbocycles. The van der Waals surface area contributed by atoms with Crippen LogP contribution in [0.15, 0.2) is 33.3 Å². The summed E-state index contributed by atoms with van der Waals surface area (Å²) in [6.45, 7) is 0. The molecule has 0 spiro atoms. The summed E-state index contributed by atoms with van der Waals surface area (Å²) in [7, 11) is 1.23. The summed E-state index contributed by atoms with van der Waals surface area (Å²) >= 11 is 3.22. The Morgan fingerprint density at radius 3 is 2.94 bits per heavy atom. The van der Waals surface area contributed by atoms with Crippen molar-refractivity contribution in [1.82, 2.24) is 5.16 Å². The quantitative estimate of drug-likeness (QED) is 0.800. The number of ether oxygens (including phenoxy) is 1. The van der Waals surface area contributed by atoms with Crippen molar-refractivity contribution in [2.45, 2.75) is 0 Å². The van der Waals surface area contributed by atoms with Crippen LogP contribution < -0.4 is 0 Å². The molecule has 2 aromatic rings. The standard InChI is InChI=1S/C11H7BrFNO3/c1-16-11(15)9-5-10(17-14-9)7-4-6(12)2-3-8(7)13/h2-5H,1H3. The van der Waals surface area contributed by atoms with E-state index in [2.05, 4.69) is 25.8 Å². The molecule has 17 heavy (non-hydrogen) atoms. The summed E-state index contributed by atoms with van der Waals surface area (Å²) in [6.07, 6.45) is 0. The number of esters is 1. The molecule has 0 amide bonds. The van der Waals surface area contributed by atoms with Crippen molar-refractivity contribution in [3.8, 4) is 11.3 Å². The third-order valence-corrected chi connectivity index (χ3v) is 2.59. The Kier molecular flexibility index (Phi) is 3.23. The van der Waals surface area contributed by atoms with Crippen molar-refractivity contribution < 1.29 is 18.4 Å². The molecule has 0 aliphatic heterocycles. The Labute approximate surface area is 104 Å². The second-order valence-electron chi connectivity index (χ2n) is 3.19. The van der Waals surface area contributed by atoms with Gasteiger partial charge in [0.25, 0.3) is 0 Å². The highest BCUT2D eigenvalue weighted by Crippen LogP contribution is 2.26. The smallest absolute Gasteiger partial charge is 0.360 e. The highest BCUT2D eigenvalue weighted by atomic mass is 79.9. The number of aromatic nitrogens is 1. The highest BCUT2D eigenvalue weighted by Gasteiger charge is 2.16. The number of rotatable bonds is 2. The molecule has 0 bridgehead atoms. The molecule has 0 radical (unpaired) electrons. The average molecular weight is 300 g/mol. The molecule has 0 unspecified atom stereocenters. The maximum atomic E-state index is 13.5. The van der Waals surface area contributed by atoms with E-state index in [0.717, 1.165) is 0 Å². The van der Waals surface area contributed by atoms with E-state index in [1.807, 2.05) is 0 Å². The number of hydrogen-bond acceptors (Lipinski definition) is 4. The summed E-state index contributed by atoms with van der Waals surface area (Å²) in [5.74, 6) is -0.916. The average Bonchev–Trinajstić information content (AvgIpc) is 2.80. The fourth-order valence-corrected chi connectivity index (χ4v) is 1.65. The molecule has 88 valence electrons. The van der Waals surface area contributed by atoms with Gasteiger partial charge in [0.15, 0.2) is 11.5 Å². The second-order valence-corrected chi connectivity index (χ2v) is 4.11. The maximum absolute atomic E-state index is 13.5. The van der Waals surface area contributed by atoms with E-state index in [1.54, 1.807) is 6.07 Å². The van der Waals surface area contributed by atoms with Crippen LogP contribution in [0.1, 0.15) is 10.5 Å². The van der Waals surface area contributed by atoms with Gasteiger partial charge in [0.2, 0.25) is 0 Å². The maximum Gasteiger partial charge on any atom is 0.360 e. The third-order valence-electron chi connectivity index (χ3n) is 2.10. The molecule has 0 aliphatic carbocycles. The molecule has 0 N–H and O–H groups in total. The Hall–Kier alpha value is -1.69. The molecule has 0 saturated heterocycles. The van der Waals surface area contributed by atoms with E-state index < -0.39 is 11.8 Å². The Bertz CT molecular complexity index is 568. The lowest BCUT2D eigenvalue weighted by atomic mass is 10.1. The van der Waals surface area contributed by atoms with E-state index in [4.69, 9.17) is 4.52 Å². The normalized spacial score (nSPS) is 10.3. The SMILES string of the molecule is COC(=O)c1cc(-c2cc(Br)ccc2F)on1. The zero-order chi connectivity index (χ0) is 12.4. The number of hydrogen-bond donors (Lipinski definition) is 0. The van der Waals surface area contributed by atoms with Gasteiger partial charge in [-0.3, -0.25) is 0 Å². The monoisotopic (exact) mass is 299 g/mol. The Morgan fingerprint density at radius 2 is 2.24 bits per heavy atom. The first-order chi connectivity index (χ1) is 8.11. The lowest BCUT2D eigenvalue weighted by Crippen LogP contribution is -2.00. The molecule has 0 fully saturated rings. The molecule has 1 aromatic heterocycles. The fourth-order valence-electron chi connectivity index (χ4n) is 1.29. The largest absolute Gasteiger partial charge is 0.464 e. The Morgan fingerprint density at radius 1 is 1.47 bits per heavy atom. The van der Waals surface area contributed by atoms with Gasteiger partial charge in [0.05, 0.1) is 12.7 Å². The van der Waals surface area contributed by atoms with Crippen LogP contribution in [0.4, 0.5) is 4.39 Å². The van der Waals surface area contributed by atoms with Gasteiger partial charge in [-0.2, -0.15) is 0 Å². The van der Waals surface area contributed by atoms with Crippen molar-refractivity contribution in [2.75, 3.05) is 7.11 Å². The number of halogens is 2. The number of nitrogens with zero attached hydrogens (tertiary/aromatic N) is 1. The number of benzene rings is 1. The van der Waals surface area contributed by atoms with Gasteiger partial charge in [-0.1, -0.05) is 21.1 Å². The van der Waals surface area contributed by atoms with E-state index in [9.17, 15) is 9.18 Å². The van der Waals surface area contributed by atoms with E-state index in [0.29, 0.717) is 4.47 Å². The molecule has 6 heteroatoms. The summed E-state index contributed by atoms with van der Waals surface area (Å²) in [4.78, 5) is 11.2. The van der Waals surface area contributed by atoms with Crippen LogP contribution in [0.2, 0.25) is 0 Å². The van der Waals surface area contributed by atoms with Crippen LogP contribution in [0, 0.1) is 5.82 Å². The van der Waals surface area contributed by atoms with Gasteiger partial charge in [-0.15, -0.1) is 0 Å². The Balaban J connectivity index is 2.43. The van der Waals surface area contributed by atoms with E-state index in [-0.39, 0.29) is 17.0 Å². The fraction of sp³-hybridized carbons (Fsp3) is 0.0909. The second kappa shape index (κ2) is 4.67. The summed E-state index contributed by atoms with van der Waals surface area (Å²) < 4.78 is 23.6. The summed E-state index contributed by atoms with van der Waals surface area (Å²) in [6, 6.07) is 5.73. The molecule has 0 aliphatic rings. The predicted octanol–water partition coefficient (Wildman–Crippen LogP) is 3.03. The van der Waals surface area contributed by atoms with E-state index in [1.165, 1.54) is 25.3 Å². The van der Waals surface area contributed by atoms with Gasteiger partial charge in [-0.25, -0.2) is 9.18 Å². The van der Waals surface area contributed by atoms with Gasteiger partial charge in [-0.05, 0) is 18.2 Å². The zero-order valence-electron chi connectivity index (χ0n) is 8.74. The molecule has 0 atom stereocenters. The molecule has 1 heterocycles. The molecule has 4 nitrogen and oxygen atoms in total. The van der Waals surface area contributed by atoms with Crippen molar-refractivity contribution in [3.05, 3.63) is 40.2 Å². The van der Waals surface area contributed by atoms with Crippen LogP contribution >= 0.6 is 15.9 Å². The minimum atomic E-state index is -0.629. The van der Waals surface area contributed by atoms with Crippen LogP contribution in [0.5, 0.6) is 0 Å². The first-order valence-electron chi connectivity index (χ1n) is 4.62. The van der Waals surface area contributed by atoms with Gasteiger partial charge < -0.3 is 9.26 Å². The van der Waals surface area contributed by atoms with Crippen molar-refractivity contribution in [2.24, 2.45) is 0 Å². The zero-order valence-corrected chi connectivity index (χ0v) is 10.3. The molecular weight excluding hydrogens is 293 g/mol. The first kappa shape index (κ1) is 11.8. The van der Waals surface area contributed by atoms with Gasteiger partial charge in [0.1, 0.15) is 5.82 Å². The van der Waals surface area contributed by atoms with Crippen molar-refractivity contribution >= 4 is 21.9 Å². The lowest BCUT2D eigenvalue weighted by molar-refractivity contribution is 0.0589. The molecule has 1 aromatic carbocycles.